The summed E-state index contributed by atoms with van der Waals surface area (Å²) in [7, 11) is 1.57. The topological polar surface area (TPSA) is 76.1 Å². The number of amides is 1. The zero-order chi connectivity index (χ0) is 20.7. The van der Waals surface area contributed by atoms with Gasteiger partial charge in [-0.1, -0.05) is 38.1 Å². The lowest BCUT2D eigenvalue weighted by molar-refractivity contribution is -0.139. The first-order valence-corrected chi connectivity index (χ1v) is 9.63. The number of carbonyl (C=O) groups excluding carboxylic acids is 2. The number of aliphatic hydroxyl groups excluding tert-OH is 1. The Labute approximate surface area is 169 Å². The van der Waals surface area contributed by atoms with E-state index in [1.165, 1.54) is 4.90 Å². The van der Waals surface area contributed by atoms with Crippen molar-refractivity contribution in [3.63, 3.8) is 0 Å². The molecule has 1 fully saturated rings. The molecule has 2 heterocycles. The van der Waals surface area contributed by atoms with E-state index in [0.717, 1.165) is 11.1 Å². The number of nitrogens with zero attached hydrogens (tertiary/aromatic N) is 1. The van der Waals surface area contributed by atoms with Gasteiger partial charge in [0.2, 0.25) is 0 Å². The van der Waals surface area contributed by atoms with Crippen LogP contribution in [0.3, 0.4) is 0 Å². The van der Waals surface area contributed by atoms with Crippen LogP contribution in [0.1, 0.15) is 42.5 Å². The van der Waals surface area contributed by atoms with Crippen molar-refractivity contribution in [2.45, 2.75) is 25.8 Å². The molecule has 0 saturated carbocycles. The molecule has 0 bridgehead atoms. The third kappa shape index (κ3) is 3.24. The lowest BCUT2D eigenvalue weighted by Crippen LogP contribution is -2.24. The molecule has 4 rings (SSSR count). The van der Waals surface area contributed by atoms with Crippen molar-refractivity contribution in [3.8, 4) is 11.5 Å². The Morgan fingerprint density at radius 3 is 2.34 bits per heavy atom. The van der Waals surface area contributed by atoms with Gasteiger partial charge in [-0.3, -0.25) is 9.59 Å². The minimum absolute atomic E-state index is 0.0754. The first-order valence-electron chi connectivity index (χ1n) is 9.63. The highest BCUT2D eigenvalue weighted by molar-refractivity contribution is 6.46. The van der Waals surface area contributed by atoms with E-state index in [9.17, 15) is 14.7 Å². The normalized spacial score (nSPS) is 20.4. The highest BCUT2D eigenvalue weighted by atomic mass is 16.6. The Hall–Kier alpha value is -3.28. The van der Waals surface area contributed by atoms with Crippen LogP contribution in [-0.2, 0) is 9.59 Å². The zero-order valence-corrected chi connectivity index (χ0v) is 16.6. The molecular formula is C23H23NO5. The third-order valence-electron chi connectivity index (χ3n) is 5.41. The van der Waals surface area contributed by atoms with Crippen LogP contribution in [0.25, 0.3) is 5.76 Å². The second kappa shape index (κ2) is 7.28. The number of ether oxygens (including phenoxy) is 2. The largest absolute Gasteiger partial charge is 0.507 e. The van der Waals surface area contributed by atoms with Gasteiger partial charge in [-0.25, -0.2) is 0 Å². The minimum atomic E-state index is -0.696. The molecule has 0 aliphatic carbocycles. The standard InChI is InChI=1S/C23H23NO5/c1-13(2)14-4-6-15(7-5-14)20-19(22(26)23(27)24(20)3)21(25)16-8-9-17-18(12-16)29-11-10-28-17/h4-9,12-13,20,25H,10-11H2,1-3H3/b21-19+. The van der Waals surface area contributed by atoms with E-state index in [0.29, 0.717) is 36.2 Å². The lowest BCUT2D eigenvalue weighted by Gasteiger charge is -2.22. The number of fused-ring (bicyclic) bond motifs is 1. The summed E-state index contributed by atoms with van der Waals surface area (Å²) in [6.45, 7) is 5.08. The van der Waals surface area contributed by atoms with Gasteiger partial charge in [0.25, 0.3) is 11.7 Å². The molecule has 2 aromatic carbocycles. The number of ketones is 1. The fourth-order valence-electron chi connectivity index (χ4n) is 3.75. The van der Waals surface area contributed by atoms with Crippen molar-refractivity contribution < 1.29 is 24.2 Å². The second-order valence-corrected chi connectivity index (χ2v) is 7.59. The number of benzene rings is 2. The van der Waals surface area contributed by atoms with E-state index in [2.05, 4.69) is 13.8 Å². The number of likely N-dealkylation sites (tertiary alicyclic amines) is 1. The number of Topliss-reactive ketones (excluding diaryl/α,β-unsaturated/α-hetero) is 1. The Morgan fingerprint density at radius 2 is 1.69 bits per heavy atom. The molecule has 0 radical (unpaired) electrons. The molecule has 2 aliphatic rings. The summed E-state index contributed by atoms with van der Waals surface area (Å²) in [5.74, 6) is -0.0920. The highest BCUT2D eigenvalue weighted by Gasteiger charge is 2.44. The number of likely N-dealkylation sites (N-methyl/N-ethyl adjacent to an activating group) is 1. The van der Waals surface area contributed by atoms with E-state index in [1.54, 1.807) is 25.2 Å². The predicted molar refractivity (Wildman–Crippen MR) is 108 cm³/mol. The van der Waals surface area contributed by atoms with Crippen molar-refractivity contribution in [2.75, 3.05) is 20.3 Å². The molecule has 150 valence electrons. The maximum atomic E-state index is 12.7. The summed E-state index contributed by atoms with van der Waals surface area (Å²) < 4.78 is 11.1. The maximum Gasteiger partial charge on any atom is 0.295 e. The van der Waals surface area contributed by atoms with Crippen molar-refractivity contribution in [1.29, 1.82) is 0 Å². The Morgan fingerprint density at radius 1 is 1.03 bits per heavy atom. The lowest BCUT2D eigenvalue weighted by atomic mass is 9.93. The monoisotopic (exact) mass is 393 g/mol. The number of hydrogen-bond donors (Lipinski definition) is 1. The average Bonchev–Trinajstić information content (AvgIpc) is 2.96. The summed E-state index contributed by atoms with van der Waals surface area (Å²) in [5, 5.41) is 11.0. The van der Waals surface area contributed by atoms with Crippen LogP contribution in [0.15, 0.2) is 48.0 Å². The van der Waals surface area contributed by atoms with Crippen LogP contribution in [-0.4, -0.2) is 42.0 Å². The Kier molecular flexibility index (Phi) is 4.78. The first kappa shape index (κ1) is 19.1. The van der Waals surface area contributed by atoms with E-state index < -0.39 is 17.7 Å². The average molecular weight is 393 g/mol. The van der Waals surface area contributed by atoms with Gasteiger partial charge in [0.05, 0.1) is 11.6 Å². The molecular weight excluding hydrogens is 370 g/mol. The molecule has 29 heavy (non-hydrogen) atoms. The SMILES string of the molecule is CC(C)c1ccc(C2/C(=C(\O)c3ccc4c(c3)OCCO4)C(=O)C(=O)N2C)cc1. The van der Waals surface area contributed by atoms with Gasteiger partial charge in [0.1, 0.15) is 19.0 Å². The van der Waals surface area contributed by atoms with Gasteiger partial charge in [0.15, 0.2) is 11.5 Å². The van der Waals surface area contributed by atoms with Gasteiger partial charge in [-0.2, -0.15) is 0 Å². The van der Waals surface area contributed by atoms with Crippen LogP contribution in [0.5, 0.6) is 11.5 Å². The van der Waals surface area contributed by atoms with Crippen LogP contribution >= 0.6 is 0 Å². The van der Waals surface area contributed by atoms with Crippen LogP contribution in [0.4, 0.5) is 0 Å². The molecule has 1 N–H and O–H groups in total. The summed E-state index contributed by atoms with van der Waals surface area (Å²) in [4.78, 5) is 26.5. The molecule has 1 saturated heterocycles. The first-order chi connectivity index (χ1) is 13.9. The molecule has 2 aromatic rings. The van der Waals surface area contributed by atoms with Crippen molar-refractivity contribution in [2.24, 2.45) is 0 Å². The summed E-state index contributed by atoms with van der Waals surface area (Å²) >= 11 is 0. The molecule has 0 spiro atoms. The van der Waals surface area contributed by atoms with Crippen molar-refractivity contribution in [3.05, 3.63) is 64.7 Å². The minimum Gasteiger partial charge on any atom is -0.507 e. The fourth-order valence-corrected chi connectivity index (χ4v) is 3.75. The molecule has 6 heteroatoms. The molecule has 1 unspecified atom stereocenters. The number of rotatable bonds is 3. The van der Waals surface area contributed by atoms with E-state index in [1.807, 2.05) is 24.3 Å². The second-order valence-electron chi connectivity index (χ2n) is 7.59. The molecule has 1 atom stereocenters. The van der Waals surface area contributed by atoms with Gasteiger partial charge >= 0.3 is 0 Å². The van der Waals surface area contributed by atoms with Gasteiger partial charge in [0, 0.05) is 12.6 Å². The van der Waals surface area contributed by atoms with Crippen LogP contribution < -0.4 is 9.47 Å². The fraction of sp³-hybridized carbons (Fsp3) is 0.304. The van der Waals surface area contributed by atoms with Crippen molar-refractivity contribution >= 4 is 17.4 Å². The number of hydrogen-bond acceptors (Lipinski definition) is 5. The summed E-state index contributed by atoms with van der Waals surface area (Å²) in [6, 6.07) is 12.1. The number of aliphatic hydroxyl groups is 1. The maximum absolute atomic E-state index is 12.7. The Balaban J connectivity index is 1.80. The van der Waals surface area contributed by atoms with E-state index in [-0.39, 0.29) is 11.3 Å². The smallest absolute Gasteiger partial charge is 0.295 e. The molecule has 6 nitrogen and oxygen atoms in total. The van der Waals surface area contributed by atoms with Crippen LogP contribution in [0, 0.1) is 0 Å². The molecule has 2 aliphatic heterocycles. The number of carbonyl (C=O) groups is 2. The van der Waals surface area contributed by atoms with Gasteiger partial charge in [-0.15, -0.1) is 0 Å². The van der Waals surface area contributed by atoms with E-state index in [4.69, 9.17) is 9.47 Å². The van der Waals surface area contributed by atoms with Gasteiger partial charge < -0.3 is 19.5 Å². The predicted octanol–water partition coefficient (Wildman–Crippen LogP) is 3.63. The quantitative estimate of drug-likeness (QED) is 0.490. The summed E-state index contributed by atoms with van der Waals surface area (Å²) in [6.07, 6.45) is 0. The molecule has 0 aromatic heterocycles. The van der Waals surface area contributed by atoms with Crippen LogP contribution in [0.2, 0.25) is 0 Å². The zero-order valence-electron chi connectivity index (χ0n) is 16.6. The van der Waals surface area contributed by atoms with Crippen molar-refractivity contribution in [1.82, 2.24) is 4.90 Å². The van der Waals surface area contributed by atoms with E-state index >= 15 is 0 Å². The van der Waals surface area contributed by atoms with Gasteiger partial charge in [-0.05, 0) is 35.2 Å². The summed E-state index contributed by atoms with van der Waals surface area (Å²) in [5.41, 5.74) is 2.42. The Bertz CT molecular complexity index is 1010. The molecule has 1 amide bonds. The highest BCUT2D eigenvalue weighted by Crippen LogP contribution is 2.40. The third-order valence-corrected chi connectivity index (χ3v) is 5.41.